The van der Waals surface area contributed by atoms with Gasteiger partial charge < -0.3 is 9.64 Å². The second-order valence-electron chi connectivity index (χ2n) is 3.46. The summed E-state index contributed by atoms with van der Waals surface area (Å²) < 4.78 is 9.67. The van der Waals surface area contributed by atoms with E-state index in [1.807, 2.05) is 0 Å². The SMILES string of the molecule is CCc1nsc(N2CCOCC2C)n1. The van der Waals surface area contributed by atoms with Crippen molar-refractivity contribution in [3.63, 3.8) is 0 Å². The molecule has 1 aliphatic heterocycles. The van der Waals surface area contributed by atoms with Crippen molar-refractivity contribution in [2.45, 2.75) is 26.3 Å². The third-order valence-electron chi connectivity index (χ3n) is 2.39. The Morgan fingerprint density at radius 3 is 3.14 bits per heavy atom. The van der Waals surface area contributed by atoms with Gasteiger partial charge in [-0.3, -0.25) is 0 Å². The molecule has 1 aromatic rings. The standard InChI is InChI=1S/C9H15N3OS/c1-3-8-10-9(14-11-8)12-4-5-13-6-7(12)2/h7H,3-6H2,1-2H3. The Bertz CT molecular complexity index is 302. The van der Waals surface area contributed by atoms with Crippen molar-refractivity contribution in [2.75, 3.05) is 24.7 Å². The summed E-state index contributed by atoms with van der Waals surface area (Å²) in [4.78, 5) is 6.76. The lowest BCUT2D eigenvalue weighted by molar-refractivity contribution is 0.0989. The number of morpholine rings is 1. The van der Waals surface area contributed by atoms with Crippen molar-refractivity contribution in [3.8, 4) is 0 Å². The molecule has 1 unspecified atom stereocenters. The molecule has 5 heteroatoms. The summed E-state index contributed by atoms with van der Waals surface area (Å²) in [6.45, 7) is 6.76. The number of rotatable bonds is 2. The van der Waals surface area contributed by atoms with Crippen LogP contribution >= 0.6 is 11.5 Å². The fourth-order valence-electron chi connectivity index (χ4n) is 1.52. The van der Waals surface area contributed by atoms with Crippen molar-refractivity contribution in [1.29, 1.82) is 0 Å². The predicted molar refractivity (Wildman–Crippen MR) is 56.9 cm³/mol. The van der Waals surface area contributed by atoms with Crippen LogP contribution < -0.4 is 4.90 Å². The van der Waals surface area contributed by atoms with E-state index in [2.05, 4.69) is 28.1 Å². The molecule has 0 aliphatic carbocycles. The van der Waals surface area contributed by atoms with Gasteiger partial charge in [0.1, 0.15) is 5.82 Å². The van der Waals surface area contributed by atoms with Crippen LogP contribution in [0, 0.1) is 0 Å². The van der Waals surface area contributed by atoms with Crippen LogP contribution in [0.1, 0.15) is 19.7 Å². The summed E-state index contributed by atoms with van der Waals surface area (Å²) >= 11 is 1.49. The van der Waals surface area contributed by atoms with Crippen LogP contribution in [-0.4, -0.2) is 35.2 Å². The van der Waals surface area contributed by atoms with Gasteiger partial charge in [-0.1, -0.05) is 6.92 Å². The molecule has 14 heavy (non-hydrogen) atoms. The predicted octanol–water partition coefficient (Wildman–Crippen LogP) is 1.33. The van der Waals surface area contributed by atoms with E-state index < -0.39 is 0 Å². The van der Waals surface area contributed by atoms with E-state index in [4.69, 9.17) is 4.74 Å². The monoisotopic (exact) mass is 213 g/mol. The van der Waals surface area contributed by atoms with Gasteiger partial charge in [-0.25, -0.2) is 4.98 Å². The molecular formula is C9H15N3OS. The molecule has 0 bridgehead atoms. The van der Waals surface area contributed by atoms with E-state index in [1.54, 1.807) is 0 Å². The molecule has 2 rings (SSSR count). The maximum absolute atomic E-state index is 5.38. The maximum atomic E-state index is 5.38. The highest BCUT2D eigenvalue weighted by molar-refractivity contribution is 7.09. The quantitative estimate of drug-likeness (QED) is 0.743. The summed E-state index contributed by atoms with van der Waals surface area (Å²) in [6.07, 6.45) is 0.912. The topological polar surface area (TPSA) is 38.2 Å². The molecular weight excluding hydrogens is 198 g/mol. The Morgan fingerprint density at radius 2 is 2.50 bits per heavy atom. The molecule has 1 saturated heterocycles. The fraction of sp³-hybridized carbons (Fsp3) is 0.778. The zero-order valence-electron chi connectivity index (χ0n) is 8.56. The molecule has 4 nitrogen and oxygen atoms in total. The van der Waals surface area contributed by atoms with Gasteiger partial charge in [0.2, 0.25) is 5.13 Å². The molecule has 0 aromatic carbocycles. The first-order valence-electron chi connectivity index (χ1n) is 4.98. The van der Waals surface area contributed by atoms with E-state index in [0.29, 0.717) is 6.04 Å². The van der Waals surface area contributed by atoms with Gasteiger partial charge in [0.05, 0.1) is 19.3 Å². The molecule has 78 valence electrons. The number of nitrogens with zero attached hydrogens (tertiary/aromatic N) is 3. The summed E-state index contributed by atoms with van der Waals surface area (Å²) in [5.41, 5.74) is 0. The molecule has 0 spiro atoms. The van der Waals surface area contributed by atoms with Crippen molar-refractivity contribution in [1.82, 2.24) is 9.36 Å². The molecule has 1 aliphatic rings. The third kappa shape index (κ3) is 1.88. The highest BCUT2D eigenvalue weighted by Gasteiger charge is 2.21. The lowest BCUT2D eigenvalue weighted by Gasteiger charge is -2.32. The lowest BCUT2D eigenvalue weighted by Crippen LogP contribution is -2.43. The number of aromatic nitrogens is 2. The second-order valence-corrected chi connectivity index (χ2v) is 4.19. The van der Waals surface area contributed by atoms with E-state index in [9.17, 15) is 0 Å². The molecule has 2 heterocycles. The van der Waals surface area contributed by atoms with Gasteiger partial charge in [0.15, 0.2) is 0 Å². The van der Waals surface area contributed by atoms with Crippen molar-refractivity contribution in [2.24, 2.45) is 0 Å². The summed E-state index contributed by atoms with van der Waals surface area (Å²) in [5.74, 6) is 0.948. The van der Waals surface area contributed by atoms with Gasteiger partial charge in [0, 0.05) is 24.5 Å². The van der Waals surface area contributed by atoms with Gasteiger partial charge in [-0.15, -0.1) is 0 Å². The van der Waals surface area contributed by atoms with Crippen LogP contribution in [0.2, 0.25) is 0 Å². The van der Waals surface area contributed by atoms with Crippen LogP contribution in [0.25, 0.3) is 0 Å². The molecule has 0 amide bonds. The summed E-state index contributed by atoms with van der Waals surface area (Å²) in [5, 5.41) is 1.04. The number of hydrogen-bond acceptors (Lipinski definition) is 5. The number of hydrogen-bond donors (Lipinski definition) is 0. The molecule has 1 aromatic heterocycles. The zero-order chi connectivity index (χ0) is 9.97. The van der Waals surface area contributed by atoms with Crippen LogP contribution in [-0.2, 0) is 11.2 Å². The number of aryl methyl sites for hydroxylation is 1. The maximum Gasteiger partial charge on any atom is 0.205 e. The summed E-state index contributed by atoms with van der Waals surface area (Å²) in [6, 6.07) is 0.418. The fourth-order valence-corrected chi connectivity index (χ4v) is 2.40. The molecule has 1 atom stereocenters. The average molecular weight is 213 g/mol. The normalized spacial score (nSPS) is 22.7. The van der Waals surface area contributed by atoms with Gasteiger partial charge in [-0.05, 0) is 6.92 Å². The number of ether oxygens (including phenoxy) is 1. The average Bonchev–Trinajstić information content (AvgIpc) is 2.67. The van der Waals surface area contributed by atoms with Crippen LogP contribution in [0.3, 0.4) is 0 Å². The van der Waals surface area contributed by atoms with Gasteiger partial charge in [-0.2, -0.15) is 4.37 Å². The third-order valence-corrected chi connectivity index (χ3v) is 3.18. The minimum Gasteiger partial charge on any atom is -0.377 e. The highest BCUT2D eigenvalue weighted by Crippen LogP contribution is 2.21. The lowest BCUT2D eigenvalue weighted by atomic mass is 10.3. The van der Waals surface area contributed by atoms with E-state index in [1.165, 1.54) is 11.5 Å². The first-order valence-corrected chi connectivity index (χ1v) is 5.75. The summed E-state index contributed by atoms with van der Waals surface area (Å²) in [7, 11) is 0. The smallest absolute Gasteiger partial charge is 0.205 e. The Balaban J connectivity index is 2.12. The zero-order valence-corrected chi connectivity index (χ0v) is 9.38. The Morgan fingerprint density at radius 1 is 1.64 bits per heavy atom. The van der Waals surface area contributed by atoms with Crippen molar-refractivity contribution in [3.05, 3.63) is 5.82 Å². The van der Waals surface area contributed by atoms with E-state index in [0.717, 1.165) is 37.1 Å². The number of anilines is 1. The van der Waals surface area contributed by atoms with Crippen molar-refractivity contribution < 1.29 is 4.74 Å². The first-order chi connectivity index (χ1) is 6.81. The highest BCUT2D eigenvalue weighted by atomic mass is 32.1. The minimum atomic E-state index is 0.418. The molecule has 0 saturated carbocycles. The van der Waals surface area contributed by atoms with Crippen LogP contribution in [0.4, 0.5) is 5.13 Å². The Kier molecular flexibility index (Phi) is 2.98. The Labute approximate surface area is 88.1 Å². The van der Waals surface area contributed by atoms with Crippen LogP contribution in [0.15, 0.2) is 0 Å². The van der Waals surface area contributed by atoms with E-state index in [-0.39, 0.29) is 0 Å². The molecule has 0 N–H and O–H groups in total. The molecule has 1 fully saturated rings. The van der Waals surface area contributed by atoms with E-state index >= 15 is 0 Å². The van der Waals surface area contributed by atoms with Gasteiger partial charge in [0.25, 0.3) is 0 Å². The van der Waals surface area contributed by atoms with Crippen molar-refractivity contribution >= 4 is 16.7 Å². The van der Waals surface area contributed by atoms with Crippen LogP contribution in [0.5, 0.6) is 0 Å². The largest absolute Gasteiger partial charge is 0.377 e. The Hall–Kier alpha value is -0.680. The first kappa shape index (κ1) is 9.86. The molecule has 0 radical (unpaired) electrons. The van der Waals surface area contributed by atoms with Gasteiger partial charge >= 0.3 is 0 Å². The minimum absolute atomic E-state index is 0.418. The second kappa shape index (κ2) is 4.23.